The second-order valence-corrected chi connectivity index (χ2v) is 7.41. The molecule has 0 saturated carbocycles. The smallest absolute Gasteiger partial charge is 0.226 e. The van der Waals surface area contributed by atoms with Crippen LogP contribution in [-0.4, -0.2) is 28.9 Å². The van der Waals surface area contributed by atoms with Crippen molar-refractivity contribution in [3.05, 3.63) is 77.9 Å². The molecule has 150 valence electrons. The van der Waals surface area contributed by atoms with Crippen LogP contribution < -0.4 is 5.32 Å². The molecule has 1 N–H and O–H groups in total. The Morgan fingerprint density at radius 1 is 1.14 bits per heavy atom. The molecule has 1 fully saturated rings. The van der Waals surface area contributed by atoms with E-state index in [4.69, 9.17) is 4.42 Å². The highest BCUT2D eigenvalue weighted by Gasteiger charge is 2.25. The number of rotatable bonds is 6. The number of benzene rings is 2. The number of carbonyl (C=O) groups is 1. The SMILES string of the molecule is O=C(NCc1ccccc1)C1CCN(Cc2coc(-c3cccc(F)c3)n2)CC1. The zero-order valence-electron chi connectivity index (χ0n) is 16.2. The van der Waals surface area contributed by atoms with E-state index in [2.05, 4.69) is 15.2 Å². The van der Waals surface area contributed by atoms with E-state index >= 15 is 0 Å². The predicted octanol–water partition coefficient (Wildman–Crippen LogP) is 4.01. The van der Waals surface area contributed by atoms with Crippen molar-refractivity contribution >= 4 is 5.91 Å². The molecule has 0 aliphatic carbocycles. The minimum Gasteiger partial charge on any atom is -0.444 e. The van der Waals surface area contributed by atoms with Gasteiger partial charge in [-0.05, 0) is 49.7 Å². The molecule has 0 unspecified atom stereocenters. The van der Waals surface area contributed by atoms with Crippen molar-refractivity contribution in [2.75, 3.05) is 13.1 Å². The Labute approximate surface area is 169 Å². The van der Waals surface area contributed by atoms with Crippen LogP contribution in [0, 0.1) is 11.7 Å². The van der Waals surface area contributed by atoms with Gasteiger partial charge in [0.25, 0.3) is 0 Å². The summed E-state index contributed by atoms with van der Waals surface area (Å²) in [5.41, 5.74) is 2.56. The van der Waals surface area contributed by atoms with Gasteiger partial charge in [0.1, 0.15) is 12.1 Å². The molecule has 29 heavy (non-hydrogen) atoms. The number of piperidine rings is 1. The average molecular weight is 393 g/mol. The van der Waals surface area contributed by atoms with Crippen molar-refractivity contribution in [3.8, 4) is 11.5 Å². The quantitative estimate of drug-likeness (QED) is 0.688. The van der Waals surface area contributed by atoms with Crippen LogP contribution in [0.5, 0.6) is 0 Å². The number of halogens is 1. The number of aromatic nitrogens is 1. The van der Waals surface area contributed by atoms with E-state index in [1.54, 1.807) is 18.4 Å². The molecule has 1 aromatic heterocycles. The molecule has 2 aromatic carbocycles. The van der Waals surface area contributed by atoms with Crippen molar-refractivity contribution in [1.29, 1.82) is 0 Å². The number of amides is 1. The summed E-state index contributed by atoms with van der Waals surface area (Å²) in [6, 6.07) is 16.2. The van der Waals surface area contributed by atoms with Crippen LogP contribution in [0.3, 0.4) is 0 Å². The lowest BCUT2D eigenvalue weighted by Gasteiger charge is -2.30. The molecule has 0 atom stereocenters. The van der Waals surface area contributed by atoms with Crippen molar-refractivity contribution in [2.45, 2.75) is 25.9 Å². The van der Waals surface area contributed by atoms with E-state index < -0.39 is 0 Å². The number of nitrogens with zero attached hydrogens (tertiary/aromatic N) is 2. The molecule has 1 saturated heterocycles. The zero-order chi connectivity index (χ0) is 20.1. The Hall–Kier alpha value is -2.99. The Morgan fingerprint density at radius 3 is 2.69 bits per heavy atom. The third-order valence-electron chi connectivity index (χ3n) is 5.28. The zero-order valence-corrected chi connectivity index (χ0v) is 16.2. The highest BCUT2D eigenvalue weighted by Crippen LogP contribution is 2.22. The maximum absolute atomic E-state index is 13.4. The van der Waals surface area contributed by atoms with E-state index in [9.17, 15) is 9.18 Å². The van der Waals surface area contributed by atoms with E-state index in [1.807, 2.05) is 30.3 Å². The first-order chi connectivity index (χ1) is 14.2. The monoisotopic (exact) mass is 393 g/mol. The van der Waals surface area contributed by atoms with E-state index in [0.717, 1.165) is 37.2 Å². The van der Waals surface area contributed by atoms with Gasteiger partial charge in [-0.15, -0.1) is 0 Å². The first kappa shape index (κ1) is 19.3. The second kappa shape index (κ2) is 9.01. The average Bonchev–Trinajstić information content (AvgIpc) is 3.22. The van der Waals surface area contributed by atoms with Crippen LogP contribution in [-0.2, 0) is 17.9 Å². The molecular formula is C23H24FN3O2. The Kier molecular flexibility index (Phi) is 6.00. The molecule has 4 rings (SSSR count). The normalized spacial score (nSPS) is 15.3. The Balaban J connectivity index is 1.25. The molecule has 1 amide bonds. The topological polar surface area (TPSA) is 58.4 Å². The second-order valence-electron chi connectivity index (χ2n) is 7.41. The van der Waals surface area contributed by atoms with Crippen LogP contribution in [0.4, 0.5) is 4.39 Å². The molecule has 3 aromatic rings. The lowest BCUT2D eigenvalue weighted by Crippen LogP contribution is -2.40. The van der Waals surface area contributed by atoms with Crippen LogP contribution in [0.1, 0.15) is 24.1 Å². The fourth-order valence-electron chi connectivity index (χ4n) is 3.65. The van der Waals surface area contributed by atoms with Gasteiger partial charge in [-0.2, -0.15) is 0 Å². The molecule has 1 aliphatic rings. The first-order valence-corrected chi connectivity index (χ1v) is 9.92. The van der Waals surface area contributed by atoms with Crippen LogP contribution >= 0.6 is 0 Å². The fraction of sp³-hybridized carbons (Fsp3) is 0.304. The van der Waals surface area contributed by atoms with Gasteiger partial charge in [0.15, 0.2) is 0 Å². The highest BCUT2D eigenvalue weighted by atomic mass is 19.1. The minimum atomic E-state index is -0.310. The van der Waals surface area contributed by atoms with Crippen molar-refractivity contribution < 1.29 is 13.6 Å². The van der Waals surface area contributed by atoms with Crippen molar-refractivity contribution in [2.24, 2.45) is 5.92 Å². The maximum atomic E-state index is 13.4. The lowest BCUT2D eigenvalue weighted by atomic mass is 9.95. The molecule has 0 spiro atoms. The number of nitrogens with one attached hydrogen (secondary N) is 1. The van der Waals surface area contributed by atoms with Gasteiger partial charge >= 0.3 is 0 Å². The van der Waals surface area contributed by atoms with E-state index in [1.165, 1.54) is 12.1 Å². The summed E-state index contributed by atoms with van der Waals surface area (Å²) in [7, 11) is 0. The van der Waals surface area contributed by atoms with Crippen molar-refractivity contribution in [1.82, 2.24) is 15.2 Å². The number of hydrogen-bond donors (Lipinski definition) is 1. The van der Waals surface area contributed by atoms with Gasteiger partial charge in [-0.3, -0.25) is 9.69 Å². The summed E-state index contributed by atoms with van der Waals surface area (Å²) in [6.07, 6.45) is 3.28. The predicted molar refractivity (Wildman–Crippen MR) is 108 cm³/mol. The summed E-state index contributed by atoms with van der Waals surface area (Å²) in [6.45, 7) is 2.91. The molecule has 0 bridgehead atoms. The minimum absolute atomic E-state index is 0.0510. The third kappa shape index (κ3) is 5.09. The molecule has 1 aliphatic heterocycles. The summed E-state index contributed by atoms with van der Waals surface area (Å²) < 4.78 is 18.9. The molecule has 6 heteroatoms. The Bertz CT molecular complexity index is 950. The largest absolute Gasteiger partial charge is 0.444 e. The van der Waals surface area contributed by atoms with Crippen LogP contribution in [0.15, 0.2) is 65.3 Å². The molecule has 0 radical (unpaired) electrons. The van der Waals surface area contributed by atoms with Crippen LogP contribution in [0.25, 0.3) is 11.5 Å². The summed E-state index contributed by atoms with van der Waals surface area (Å²) in [4.78, 5) is 19.2. The Morgan fingerprint density at radius 2 is 1.93 bits per heavy atom. The van der Waals surface area contributed by atoms with Crippen LogP contribution in [0.2, 0.25) is 0 Å². The first-order valence-electron chi connectivity index (χ1n) is 9.92. The number of oxazole rings is 1. The number of carbonyl (C=O) groups excluding carboxylic acids is 1. The summed E-state index contributed by atoms with van der Waals surface area (Å²) >= 11 is 0. The van der Waals surface area contributed by atoms with E-state index in [-0.39, 0.29) is 17.6 Å². The lowest BCUT2D eigenvalue weighted by molar-refractivity contribution is -0.126. The molecule has 2 heterocycles. The van der Waals surface area contributed by atoms with Gasteiger partial charge < -0.3 is 9.73 Å². The van der Waals surface area contributed by atoms with Crippen molar-refractivity contribution in [3.63, 3.8) is 0 Å². The van der Waals surface area contributed by atoms with Gasteiger partial charge in [0, 0.05) is 24.6 Å². The summed E-state index contributed by atoms with van der Waals surface area (Å²) in [5, 5.41) is 3.04. The molecular weight excluding hydrogens is 369 g/mol. The molecule has 5 nitrogen and oxygen atoms in total. The highest BCUT2D eigenvalue weighted by molar-refractivity contribution is 5.78. The van der Waals surface area contributed by atoms with Gasteiger partial charge in [-0.25, -0.2) is 9.37 Å². The van der Waals surface area contributed by atoms with Gasteiger partial charge in [0.2, 0.25) is 11.8 Å². The third-order valence-corrected chi connectivity index (χ3v) is 5.28. The van der Waals surface area contributed by atoms with Gasteiger partial charge in [0.05, 0.1) is 5.69 Å². The fourth-order valence-corrected chi connectivity index (χ4v) is 3.65. The standard InChI is InChI=1S/C23H24FN3O2/c24-20-8-4-7-19(13-20)23-26-21(16-29-23)15-27-11-9-18(10-12-27)22(28)25-14-17-5-2-1-3-6-17/h1-8,13,16,18H,9-12,14-15H2,(H,25,28). The number of likely N-dealkylation sites (tertiary alicyclic amines) is 1. The maximum Gasteiger partial charge on any atom is 0.226 e. The van der Waals surface area contributed by atoms with Gasteiger partial charge in [-0.1, -0.05) is 36.4 Å². The number of hydrogen-bond acceptors (Lipinski definition) is 4. The summed E-state index contributed by atoms with van der Waals surface area (Å²) in [5.74, 6) is 0.294. The van der Waals surface area contributed by atoms with E-state index in [0.29, 0.717) is 24.5 Å².